The van der Waals surface area contributed by atoms with E-state index >= 15 is 0 Å². The molecule has 0 heterocycles. The number of methoxy groups -OCH3 is 1. The van der Waals surface area contributed by atoms with Gasteiger partial charge in [0.25, 0.3) is 0 Å². The van der Waals surface area contributed by atoms with Crippen molar-refractivity contribution in [1.29, 1.82) is 0 Å². The van der Waals surface area contributed by atoms with Gasteiger partial charge in [-0.2, -0.15) is 0 Å². The molecule has 1 atom stereocenters. The Bertz CT molecular complexity index is 374. The maximum Gasteiger partial charge on any atom is 0.124 e. The first-order valence-electron chi connectivity index (χ1n) is 6.55. The molecule has 0 spiro atoms. The molecule has 0 aliphatic rings. The van der Waals surface area contributed by atoms with Gasteiger partial charge in [-0.25, -0.2) is 0 Å². The van der Waals surface area contributed by atoms with Gasteiger partial charge in [-0.1, -0.05) is 18.2 Å². The third kappa shape index (κ3) is 6.57. The van der Waals surface area contributed by atoms with Gasteiger partial charge in [-0.3, -0.25) is 0 Å². The summed E-state index contributed by atoms with van der Waals surface area (Å²) >= 11 is 0. The Morgan fingerprint density at radius 1 is 1.26 bits per heavy atom. The third-order valence-corrected chi connectivity index (χ3v) is 2.57. The summed E-state index contributed by atoms with van der Waals surface area (Å²) in [6, 6.07) is 7.70. The van der Waals surface area contributed by atoms with Crippen molar-refractivity contribution >= 4 is 0 Å². The van der Waals surface area contributed by atoms with Crippen LogP contribution in [0.2, 0.25) is 0 Å². The second-order valence-electron chi connectivity index (χ2n) is 5.64. The predicted molar refractivity (Wildman–Crippen MR) is 76.4 cm³/mol. The average molecular weight is 267 g/mol. The van der Waals surface area contributed by atoms with E-state index in [0.717, 1.165) is 11.3 Å². The average Bonchev–Trinajstić information content (AvgIpc) is 2.35. The molecule has 1 aromatic rings. The molecule has 4 nitrogen and oxygen atoms in total. The Labute approximate surface area is 115 Å². The Morgan fingerprint density at radius 3 is 2.58 bits per heavy atom. The van der Waals surface area contributed by atoms with E-state index in [-0.39, 0.29) is 12.1 Å². The predicted octanol–water partition coefficient (Wildman–Crippen LogP) is 1.96. The van der Waals surface area contributed by atoms with E-state index < -0.39 is 6.10 Å². The van der Waals surface area contributed by atoms with Crippen LogP contribution in [0.5, 0.6) is 5.75 Å². The molecule has 0 aromatic heterocycles. The highest BCUT2D eigenvalue weighted by molar-refractivity contribution is 5.32. The molecule has 0 saturated carbocycles. The van der Waals surface area contributed by atoms with Crippen molar-refractivity contribution in [3.05, 3.63) is 29.8 Å². The van der Waals surface area contributed by atoms with E-state index in [1.165, 1.54) is 0 Å². The first kappa shape index (κ1) is 16.0. The lowest BCUT2D eigenvalue weighted by molar-refractivity contribution is 0.0977. The molecule has 4 heteroatoms. The lowest BCUT2D eigenvalue weighted by Crippen LogP contribution is -2.42. The number of aliphatic hydroxyl groups excluding tert-OH is 1. The minimum absolute atomic E-state index is 0.00502. The van der Waals surface area contributed by atoms with E-state index in [4.69, 9.17) is 9.47 Å². The number of rotatable bonds is 7. The summed E-state index contributed by atoms with van der Waals surface area (Å²) in [6.45, 7) is 7.48. The van der Waals surface area contributed by atoms with Crippen LogP contribution in [0.3, 0.4) is 0 Å². The minimum atomic E-state index is -0.533. The van der Waals surface area contributed by atoms with Crippen molar-refractivity contribution in [2.45, 2.75) is 39.0 Å². The number of hydrogen-bond acceptors (Lipinski definition) is 4. The lowest BCUT2D eigenvalue weighted by Gasteiger charge is -2.23. The van der Waals surface area contributed by atoms with Gasteiger partial charge in [-0.05, 0) is 26.8 Å². The molecular formula is C15H25NO3. The number of hydrogen-bond donors (Lipinski definition) is 2. The van der Waals surface area contributed by atoms with Crippen LogP contribution in [0.4, 0.5) is 0 Å². The van der Waals surface area contributed by atoms with E-state index in [1.54, 1.807) is 7.11 Å². The van der Waals surface area contributed by atoms with Gasteiger partial charge in [-0.15, -0.1) is 0 Å². The summed E-state index contributed by atoms with van der Waals surface area (Å²) in [5.74, 6) is 0.763. The molecule has 0 amide bonds. The standard InChI is InChI=1S/C15H25NO3/c1-15(2,3)16-9-13(17)11-19-14-8-6-5-7-12(14)10-18-4/h5-8,13,16-17H,9-11H2,1-4H3. The molecule has 0 bridgehead atoms. The molecule has 0 fully saturated rings. The van der Waals surface area contributed by atoms with Crippen LogP contribution in [0.15, 0.2) is 24.3 Å². The summed E-state index contributed by atoms with van der Waals surface area (Å²) < 4.78 is 10.8. The van der Waals surface area contributed by atoms with Gasteiger partial charge in [0.1, 0.15) is 18.5 Å². The highest BCUT2D eigenvalue weighted by Gasteiger charge is 2.13. The zero-order valence-corrected chi connectivity index (χ0v) is 12.3. The SMILES string of the molecule is COCc1ccccc1OCC(O)CNC(C)(C)C. The maximum absolute atomic E-state index is 9.88. The molecule has 1 rings (SSSR count). The largest absolute Gasteiger partial charge is 0.490 e. The Balaban J connectivity index is 2.43. The molecule has 0 aliphatic carbocycles. The molecule has 1 unspecified atom stereocenters. The van der Waals surface area contributed by atoms with E-state index in [9.17, 15) is 5.11 Å². The van der Waals surface area contributed by atoms with Crippen LogP contribution >= 0.6 is 0 Å². The third-order valence-electron chi connectivity index (χ3n) is 2.57. The fourth-order valence-corrected chi connectivity index (χ4v) is 1.59. The Kier molecular flexibility index (Phi) is 6.28. The second-order valence-corrected chi connectivity index (χ2v) is 5.64. The minimum Gasteiger partial charge on any atom is -0.490 e. The number of benzene rings is 1. The van der Waals surface area contributed by atoms with Crippen molar-refractivity contribution in [3.8, 4) is 5.75 Å². The summed E-state index contributed by atoms with van der Waals surface area (Å²) in [5, 5.41) is 13.1. The number of aliphatic hydroxyl groups is 1. The fourth-order valence-electron chi connectivity index (χ4n) is 1.59. The zero-order chi connectivity index (χ0) is 14.3. The van der Waals surface area contributed by atoms with E-state index in [2.05, 4.69) is 26.1 Å². The van der Waals surface area contributed by atoms with Crippen molar-refractivity contribution < 1.29 is 14.6 Å². The first-order chi connectivity index (χ1) is 8.92. The molecule has 2 N–H and O–H groups in total. The van der Waals surface area contributed by atoms with Crippen molar-refractivity contribution in [2.75, 3.05) is 20.3 Å². The van der Waals surface area contributed by atoms with Gasteiger partial charge in [0.05, 0.1) is 6.61 Å². The molecule has 0 radical (unpaired) electrons. The molecular weight excluding hydrogens is 242 g/mol. The number of ether oxygens (including phenoxy) is 2. The lowest BCUT2D eigenvalue weighted by atomic mass is 10.1. The summed E-state index contributed by atoms with van der Waals surface area (Å²) in [4.78, 5) is 0. The second kappa shape index (κ2) is 7.48. The number of para-hydroxylation sites is 1. The van der Waals surface area contributed by atoms with E-state index in [1.807, 2.05) is 24.3 Å². The quantitative estimate of drug-likeness (QED) is 0.793. The van der Waals surface area contributed by atoms with Crippen molar-refractivity contribution in [1.82, 2.24) is 5.32 Å². The summed E-state index contributed by atoms with van der Waals surface area (Å²) in [5.41, 5.74) is 0.982. The van der Waals surface area contributed by atoms with Crippen LogP contribution in [0, 0.1) is 0 Å². The molecule has 19 heavy (non-hydrogen) atoms. The number of nitrogens with one attached hydrogen (secondary N) is 1. The van der Waals surface area contributed by atoms with Gasteiger partial charge < -0.3 is 19.9 Å². The summed E-state index contributed by atoms with van der Waals surface area (Å²) in [7, 11) is 1.65. The topological polar surface area (TPSA) is 50.7 Å². The monoisotopic (exact) mass is 267 g/mol. The Hall–Kier alpha value is -1.10. The normalized spacial score (nSPS) is 13.3. The molecule has 108 valence electrons. The number of β-amino-alcohol motifs (C(OH)–C–C–N with tert-alkyl or cyclic N) is 1. The van der Waals surface area contributed by atoms with Crippen LogP contribution in [0.1, 0.15) is 26.3 Å². The van der Waals surface area contributed by atoms with Crippen LogP contribution < -0.4 is 10.1 Å². The smallest absolute Gasteiger partial charge is 0.124 e. The van der Waals surface area contributed by atoms with Gasteiger partial charge in [0, 0.05) is 24.8 Å². The maximum atomic E-state index is 9.88. The van der Waals surface area contributed by atoms with Gasteiger partial charge in [0.15, 0.2) is 0 Å². The van der Waals surface area contributed by atoms with Crippen LogP contribution in [-0.4, -0.2) is 37.0 Å². The zero-order valence-electron chi connectivity index (χ0n) is 12.3. The first-order valence-corrected chi connectivity index (χ1v) is 6.55. The fraction of sp³-hybridized carbons (Fsp3) is 0.600. The van der Waals surface area contributed by atoms with Gasteiger partial charge >= 0.3 is 0 Å². The van der Waals surface area contributed by atoms with Gasteiger partial charge in [0.2, 0.25) is 0 Å². The molecule has 0 saturated heterocycles. The van der Waals surface area contributed by atoms with Crippen molar-refractivity contribution in [3.63, 3.8) is 0 Å². The van der Waals surface area contributed by atoms with Crippen molar-refractivity contribution in [2.24, 2.45) is 0 Å². The van der Waals surface area contributed by atoms with Crippen LogP contribution in [-0.2, 0) is 11.3 Å². The van der Waals surface area contributed by atoms with E-state index in [0.29, 0.717) is 13.2 Å². The molecule has 0 aliphatic heterocycles. The summed E-state index contributed by atoms with van der Waals surface area (Å²) in [6.07, 6.45) is -0.533. The highest BCUT2D eigenvalue weighted by Crippen LogP contribution is 2.18. The Morgan fingerprint density at radius 2 is 1.95 bits per heavy atom. The highest BCUT2D eigenvalue weighted by atomic mass is 16.5. The molecule has 1 aromatic carbocycles. The van der Waals surface area contributed by atoms with Crippen LogP contribution in [0.25, 0.3) is 0 Å².